The highest BCUT2D eigenvalue weighted by Crippen LogP contribution is 2.28. The van der Waals surface area contributed by atoms with Crippen LogP contribution in [0.1, 0.15) is 13.3 Å². The van der Waals surface area contributed by atoms with Gasteiger partial charge in [0.1, 0.15) is 6.61 Å². The molecule has 0 aromatic heterocycles. The van der Waals surface area contributed by atoms with E-state index in [1.807, 2.05) is 6.92 Å². The molecule has 0 saturated carbocycles. The van der Waals surface area contributed by atoms with Crippen LogP contribution in [0, 0.1) is 0 Å². The first-order valence-electron chi connectivity index (χ1n) is 7.41. The minimum absolute atomic E-state index is 0.0434. The van der Waals surface area contributed by atoms with Crippen LogP contribution in [0.2, 0.25) is 0 Å². The number of ether oxygens (including phenoxy) is 2. The van der Waals surface area contributed by atoms with Crippen LogP contribution >= 0.6 is 0 Å². The number of nitrogens with one attached hydrogen (secondary N) is 2. The maximum Gasteiger partial charge on any atom is 0.422 e. The normalized spacial score (nSPS) is 12.9. The van der Waals surface area contributed by atoms with Crippen molar-refractivity contribution in [3.63, 3.8) is 0 Å². The maximum atomic E-state index is 12.2. The minimum Gasteiger partial charge on any atom is -0.488 e. The van der Waals surface area contributed by atoms with Crippen LogP contribution in [-0.2, 0) is 0 Å². The Bertz CT molecular complexity index is 444. The Labute approximate surface area is 133 Å². The lowest BCUT2D eigenvalue weighted by molar-refractivity contribution is -0.153. The van der Waals surface area contributed by atoms with Crippen molar-refractivity contribution in [1.29, 1.82) is 0 Å². The Kier molecular flexibility index (Phi) is 8.75. The number of halogens is 3. The Morgan fingerprint density at radius 3 is 2.30 bits per heavy atom. The number of aliphatic hydroxyl groups is 1. The molecule has 23 heavy (non-hydrogen) atoms. The molecule has 0 aliphatic rings. The van der Waals surface area contributed by atoms with E-state index >= 15 is 0 Å². The van der Waals surface area contributed by atoms with Crippen molar-refractivity contribution in [1.82, 2.24) is 10.6 Å². The largest absolute Gasteiger partial charge is 0.488 e. The van der Waals surface area contributed by atoms with Gasteiger partial charge in [0.2, 0.25) is 0 Å². The molecule has 132 valence electrons. The van der Waals surface area contributed by atoms with Gasteiger partial charge in [0.05, 0.1) is 6.17 Å². The van der Waals surface area contributed by atoms with Gasteiger partial charge in [0, 0.05) is 13.2 Å². The summed E-state index contributed by atoms with van der Waals surface area (Å²) in [6.45, 7) is 2.21. The lowest BCUT2D eigenvalue weighted by atomic mass is 10.3. The third-order valence-electron chi connectivity index (χ3n) is 2.84. The summed E-state index contributed by atoms with van der Waals surface area (Å²) in [5, 5.41) is 15.0. The molecule has 0 spiro atoms. The molecule has 1 aromatic carbocycles. The van der Waals surface area contributed by atoms with Gasteiger partial charge in [-0.3, -0.25) is 5.32 Å². The number of rotatable bonds is 11. The maximum absolute atomic E-state index is 12.2. The van der Waals surface area contributed by atoms with Gasteiger partial charge in [-0.2, -0.15) is 13.2 Å². The fraction of sp³-hybridized carbons (Fsp3) is 0.600. The van der Waals surface area contributed by atoms with Crippen molar-refractivity contribution in [2.45, 2.75) is 25.7 Å². The van der Waals surface area contributed by atoms with E-state index in [0.717, 1.165) is 0 Å². The van der Waals surface area contributed by atoms with Crippen LogP contribution in [0.15, 0.2) is 24.3 Å². The summed E-state index contributed by atoms with van der Waals surface area (Å²) in [5.74, 6) is 0.346. The highest BCUT2D eigenvalue weighted by molar-refractivity contribution is 5.39. The second-order valence-corrected chi connectivity index (χ2v) is 4.91. The average molecular weight is 336 g/mol. The van der Waals surface area contributed by atoms with E-state index < -0.39 is 12.8 Å². The number of alkyl halides is 3. The van der Waals surface area contributed by atoms with Crippen molar-refractivity contribution in [2.24, 2.45) is 0 Å². The lowest BCUT2D eigenvalue weighted by Crippen LogP contribution is -2.42. The topological polar surface area (TPSA) is 62.8 Å². The molecule has 0 fully saturated rings. The zero-order valence-electron chi connectivity index (χ0n) is 13.0. The highest BCUT2D eigenvalue weighted by atomic mass is 19.4. The molecular formula is C15H23F3N2O3. The predicted molar refractivity (Wildman–Crippen MR) is 80.7 cm³/mol. The van der Waals surface area contributed by atoms with Gasteiger partial charge in [-0.05, 0) is 32.0 Å². The number of hydrogen-bond donors (Lipinski definition) is 3. The fourth-order valence-electron chi connectivity index (χ4n) is 1.75. The van der Waals surface area contributed by atoms with Gasteiger partial charge in [0.15, 0.2) is 18.1 Å². The van der Waals surface area contributed by atoms with Gasteiger partial charge in [-0.15, -0.1) is 0 Å². The van der Waals surface area contributed by atoms with E-state index in [2.05, 4.69) is 10.6 Å². The first-order chi connectivity index (χ1) is 10.9. The van der Waals surface area contributed by atoms with Crippen molar-refractivity contribution in [3.8, 4) is 11.5 Å². The predicted octanol–water partition coefficient (Wildman–Crippen LogP) is 1.91. The monoisotopic (exact) mass is 336 g/mol. The molecular weight excluding hydrogens is 313 g/mol. The van der Waals surface area contributed by atoms with Crippen LogP contribution in [-0.4, -0.2) is 50.4 Å². The van der Waals surface area contributed by atoms with Crippen LogP contribution < -0.4 is 20.1 Å². The van der Waals surface area contributed by atoms with Crippen LogP contribution in [0.5, 0.6) is 11.5 Å². The first-order valence-corrected chi connectivity index (χ1v) is 7.41. The Balaban J connectivity index is 2.31. The number of benzene rings is 1. The molecule has 5 nitrogen and oxygen atoms in total. The second-order valence-electron chi connectivity index (χ2n) is 4.91. The Hall–Kier alpha value is -1.51. The van der Waals surface area contributed by atoms with Crippen LogP contribution in [0.25, 0.3) is 0 Å². The van der Waals surface area contributed by atoms with Crippen LogP contribution in [0.4, 0.5) is 13.2 Å². The molecule has 0 aliphatic carbocycles. The summed E-state index contributed by atoms with van der Waals surface area (Å²) >= 11 is 0. The molecule has 3 N–H and O–H groups in total. The van der Waals surface area contributed by atoms with E-state index in [0.29, 0.717) is 26.1 Å². The zero-order valence-corrected chi connectivity index (χ0v) is 13.0. The van der Waals surface area contributed by atoms with Gasteiger partial charge in [0.25, 0.3) is 0 Å². The third kappa shape index (κ3) is 9.27. The van der Waals surface area contributed by atoms with Gasteiger partial charge < -0.3 is 19.9 Å². The van der Waals surface area contributed by atoms with Crippen molar-refractivity contribution in [2.75, 3.05) is 32.9 Å². The summed E-state index contributed by atoms with van der Waals surface area (Å²) < 4.78 is 46.8. The summed E-state index contributed by atoms with van der Waals surface area (Å²) in [4.78, 5) is 0. The Morgan fingerprint density at radius 2 is 1.70 bits per heavy atom. The van der Waals surface area contributed by atoms with E-state index in [1.165, 1.54) is 6.07 Å². The minimum atomic E-state index is -4.38. The number of aliphatic hydroxyl groups excluding tert-OH is 1. The smallest absolute Gasteiger partial charge is 0.422 e. The fourth-order valence-corrected chi connectivity index (χ4v) is 1.75. The van der Waals surface area contributed by atoms with Gasteiger partial charge in [-0.1, -0.05) is 12.1 Å². The summed E-state index contributed by atoms with van der Waals surface area (Å²) in [6.07, 6.45) is -3.67. The van der Waals surface area contributed by atoms with E-state index in [9.17, 15) is 13.2 Å². The highest BCUT2D eigenvalue weighted by Gasteiger charge is 2.28. The average Bonchev–Trinajstić information content (AvgIpc) is 2.50. The Morgan fingerprint density at radius 1 is 1.09 bits per heavy atom. The van der Waals surface area contributed by atoms with Crippen LogP contribution in [0.3, 0.4) is 0 Å². The molecule has 1 aromatic rings. The standard InChI is InChI=1S/C15H23F3N2O3/c1-12(19-7-4-9-21)20-8-10-22-13-5-2-3-6-14(13)23-11-15(16,17)18/h2-3,5-6,12,19-21H,4,7-11H2,1H3. The SMILES string of the molecule is CC(NCCCO)NCCOc1ccccc1OCC(F)(F)F. The van der Waals surface area contributed by atoms with Gasteiger partial charge >= 0.3 is 6.18 Å². The molecule has 8 heteroatoms. The number of para-hydroxylation sites is 2. The zero-order chi connectivity index (χ0) is 17.1. The lowest BCUT2D eigenvalue weighted by Gasteiger charge is -2.17. The summed E-state index contributed by atoms with van der Waals surface area (Å²) in [5.41, 5.74) is 0. The first kappa shape index (κ1) is 19.5. The third-order valence-corrected chi connectivity index (χ3v) is 2.84. The van der Waals surface area contributed by atoms with Crippen molar-refractivity contribution in [3.05, 3.63) is 24.3 Å². The molecule has 0 bridgehead atoms. The molecule has 0 amide bonds. The van der Waals surface area contributed by atoms with Gasteiger partial charge in [-0.25, -0.2) is 0 Å². The second kappa shape index (κ2) is 10.3. The number of hydrogen-bond acceptors (Lipinski definition) is 5. The molecule has 0 radical (unpaired) electrons. The molecule has 1 rings (SSSR count). The van der Waals surface area contributed by atoms with E-state index in [1.54, 1.807) is 18.2 Å². The van der Waals surface area contributed by atoms with Crippen molar-refractivity contribution < 1.29 is 27.8 Å². The molecule has 0 aliphatic heterocycles. The summed E-state index contributed by atoms with van der Waals surface area (Å²) in [7, 11) is 0. The molecule has 0 saturated heterocycles. The van der Waals surface area contributed by atoms with Crippen molar-refractivity contribution >= 4 is 0 Å². The van der Waals surface area contributed by atoms with E-state index in [4.69, 9.17) is 14.6 Å². The quantitative estimate of drug-likeness (QED) is 0.426. The molecule has 0 heterocycles. The van der Waals surface area contributed by atoms with E-state index in [-0.39, 0.29) is 24.3 Å². The summed E-state index contributed by atoms with van der Waals surface area (Å²) in [6, 6.07) is 6.26. The molecule has 1 unspecified atom stereocenters. The molecule has 1 atom stereocenters.